The fourth-order valence-electron chi connectivity index (χ4n) is 4.07. The van der Waals surface area contributed by atoms with Crippen LogP contribution in [0.5, 0.6) is 0 Å². The number of imidazole rings is 1. The first kappa shape index (κ1) is 21.4. The molecule has 0 unspecified atom stereocenters. The molecule has 0 spiro atoms. The number of nitrogens with one attached hydrogen (secondary N) is 2. The normalized spacial score (nSPS) is 13.1. The molecular formula is C27H24N6OS. The number of hydrogen-bond donors (Lipinski definition) is 3. The fraction of sp³-hybridized carbons (Fsp3) is 0.148. The summed E-state index contributed by atoms with van der Waals surface area (Å²) in [6.45, 7) is 0. The van der Waals surface area contributed by atoms with E-state index >= 15 is 0 Å². The summed E-state index contributed by atoms with van der Waals surface area (Å²) in [5, 5.41) is 6.94. The van der Waals surface area contributed by atoms with Gasteiger partial charge in [-0.2, -0.15) is 0 Å². The maximum absolute atomic E-state index is 12.5. The number of anilines is 4. The Bertz CT molecular complexity index is 1520. The highest BCUT2D eigenvalue weighted by atomic mass is 32.1. The third-order valence-electron chi connectivity index (χ3n) is 6.16. The summed E-state index contributed by atoms with van der Waals surface area (Å²) in [5.41, 5.74) is 11.8. The first-order chi connectivity index (χ1) is 17.1. The molecule has 8 heteroatoms. The Balaban J connectivity index is 1.14. The van der Waals surface area contributed by atoms with Gasteiger partial charge >= 0.3 is 0 Å². The van der Waals surface area contributed by atoms with E-state index in [9.17, 15) is 4.79 Å². The van der Waals surface area contributed by atoms with Gasteiger partial charge in [0.1, 0.15) is 5.65 Å². The van der Waals surface area contributed by atoms with E-state index in [0.29, 0.717) is 16.9 Å². The van der Waals surface area contributed by atoms with Crippen LogP contribution in [-0.2, 0) is 6.42 Å². The highest BCUT2D eigenvalue weighted by Gasteiger charge is 2.21. The number of aromatic nitrogens is 3. The molecule has 3 heterocycles. The second-order valence-corrected chi connectivity index (χ2v) is 9.86. The van der Waals surface area contributed by atoms with Gasteiger partial charge in [-0.05, 0) is 79.3 Å². The zero-order valence-electron chi connectivity index (χ0n) is 18.9. The largest absolute Gasteiger partial charge is 0.397 e. The fourth-order valence-corrected chi connectivity index (χ4v) is 4.92. The predicted molar refractivity (Wildman–Crippen MR) is 141 cm³/mol. The summed E-state index contributed by atoms with van der Waals surface area (Å²) in [6, 6.07) is 18.8. The lowest BCUT2D eigenvalue weighted by molar-refractivity contribution is 0.102. The van der Waals surface area contributed by atoms with Crippen molar-refractivity contribution >= 4 is 45.1 Å². The lowest BCUT2D eigenvalue weighted by Crippen LogP contribution is -2.13. The molecule has 1 saturated carbocycles. The van der Waals surface area contributed by atoms with Crippen molar-refractivity contribution < 1.29 is 4.79 Å². The molecule has 2 aromatic carbocycles. The van der Waals surface area contributed by atoms with Crippen LogP contribution in [-0.4, -0.2) is 20.3 Å². The highest BCUT2D eigenvalue weighted by molar-refractivity contribution is 7.18. The minimum absolute atomic E-state index is 0.209. The molecule has 0 bridgehead atoms. The van der Waals surface area contributed by atoms with Crippen molar-refractivity contribution in [2.45, 2.75) is 19.3 Å². The Morgan fingerprint density at radius 2 is 1.89 bits per heavy atom. The zero-order chi connectivity index (χ0) is 23.8. The van der Waals surface area contributed by atoms with Crippen LogP contribution in [0.1, 0.15) is 28.8 Å². The van der Waals surface area contributed by atoms with Gasteiger partial charge in [0.2, 0.25) is 0 Å². The third-order valence-corrected chi connectivity index (χ3v) is 7.10. The summed E-state index contributed by atoms with van der Waals surface area (Å²) in [7, 11) is 0. The Morgan fingerprint density at radius 3 is 2.69 bits per heavy atom. The molecule has 1 fully saturated rings. The van der Waals surface area contributed by atoms with Crippen molar-refractivity contribution in [2.24, 2.45) is 5.92 Å². The summed E-state index contributed by atoms with van der Waals surface area (Å²) in [4.78, 5) is 22.7. The van der Waals surface area contributed by atoms with E-state index in [0.717, 1.165) is 39.4 Å². The lowest BCUT2D eigenvalue weighted by Gasteiger charge is -2.08. The zero-order valence-corrected chi connectivity index (χ0v) is 19.8. The minimum atomic E-state index is -0.209. The van der Waals surface area contributed by atoms with Crippen molar-refractivity contribution in [1.29, 1.82) is 0 Å². The number of amides is 1. The topological polar surface area (TPSA) is 97.3 Å². The Morgan fingerprint density at radius 1 is 1.06 bits per heavy atom. The molecule has 3 aromatic heterocycles. The van der Waals surface area contributed by atoms with Crippen LogP contribution in [0.25, 0.3) is 16.2 Å². The third kappa shape index (κ3) is 4.61. The molecule has 0 atom stereocenters. The molecule has 1 aliphatic carbocycles. The minimum Gasteiger partial charge on any atom is -0.397 e. The van der Waals surface area contributed by atoms with Gasteiger partial charge in [-0.25, -0.2) is 9.97 Å². The second kappa shape index (κ2) is 8.88. The number of rotatable bonds is 7. The van der Waals surface area contributed by atoms with Crippen LogP contribution >= 0.6 is 11.3 Å². The summed E-state index contributed by atoms with van der Waals surface area (Å²) >= 11 is 1.56. The Labute approximate surface area is 206 Å². The van der Waals surface area contributed by atoms with Crippen molar-refractivity contribution in [3.05, 3.63) is 90.4 Å². The molecule has 7 nitrogen and oxygen atoms in total. The first-order valence-corrected chi connectivity index (χ1v) is 12.4. The number of carbonyl (C=O) groups excluding carboxylic acids is 1. The average molecular weight is 481 g/mol. The smallest absolute Gasteiger partial charge is 0.255 e. The molecule has 0 aliphatic heterocycles. The standard InChI is InChI=1S/C27H24N6OS/c28-21-3-1-2-4-22(21)32-26(34)19-7-9-20(10-8-19)31-27-30-16-24(35-27)23-15-29-25-14-18(11-12-33(23)25)13-17-5-6-17/h1-4,7-12,14-17H,5-6,13,28H2,(H,30,31)(H,32,34). The molecule has 5 aromatic rings. The average Bonchev–Trinajstić information content (AvgIpc) is 3.39. The van der Waals surface area contributed by atoms with E-state index in [2.05, 4.69) is 43.3 Å². The number of benzene rings is 2. The first-order valence-electron chi connectivity index (χ1n) is 11.6. The van der Waals surface area contributed by atoms with Gasteiger partial charge in [-0.15, -0.1) is 0 Å². The molecule has 1 aliphatic rings. The van der Waals surface area contributed by atoms with E-state index in [1.807, 2.05) is 36.7 Å². The molecule has 0 radical (unpaired) electrons. The van der Waals surface area contributed by atoms with Crippen LogP contribution in [0, 0.1) is 5.92 Å². The molecular weight excluding hydrogens is 456 g/mol. The van der Waals surface area contributed by atoms with Gasteiger partial charge in [0, 0.05) is 23.6 Å². The van der Waals surface area contributed by atoms with Crippen molar-refractivity contribution in [3.63, 3.8) is 0 Å². The monoisotopic (exact) mass is 480 g/mol. The number of fused-ring (bicyclic) bond motifs is 1. The number of nitrogens with zero attached hydrogens (tertiary/aromatic N) is 3. The maximum atomic E-state index is 12.5. The SMILES string of the molecule is Nc1ccccc1NC(=O)c1ccc(Nc2ncc(-c3cnc4cc(CC5CC5)ccn34)s2)cc1. The van der Waals surface area contributed by atoms with E-state index in [1.165, 1.54) is 18.4 Å². The second-order valence-electron chi connectivity index (χ2n) is 8.83. The van der Waals surface area contributed by atoms with Gasteiger partial charge in [0.05, 0.1) is 28.1 Å². The quantitative estimate of drug-likeness (QED) is 0.249. The van der Waals surface area contributed by atoms with E-state index in [-0.39, 0.29) is 5.91 Å². The number of hydrogen-bond acceptors (Lipinski definition) is 6. The number of thiazole rings is 1. The number of para-hydroxylation sites is 2. The molecule has 4 N–H and O–H groups in total. The number of pyridine rings is 1. The summed E-state index contributed by atoms with van der Waals surface area (Å²) in [6.07, 6.45) is 9.71. The maximum Gasteiger partial charge on any atom is 0.255 e. The number of nitrogen functional groups attached to an aromatic ring is 1. The highest BCUT2D eigenvalue weighted by Crippen LogP contribution is 2.34. The van der Waals surface area contributed by atoms with Gasteiger partial charge in [-0.3, -0.25) is 9.20 Å². The molecule has 0 saturated heterocycles. The van der Waals surface area contributed by atoms with Crippen molar-refractivity contribution in [3.8, 4) is 10.6 Å². The van der Waals surface area contributed by atoms with E-state index < -0.39 is 0 Å². The summed E-state index contributed by atoms with van der Waals surface area (Å²) < 4.78 is 2.11. The molecule has 35 heavy (non-hydrogen) atoms. The van der Waals surface area contributed by atoms with Gasteiger partial charge in [0.25, 0.3) is 5.91 Å². The number of carbonyl (C=O) groups is 1. The molecule has 1 amide bonds. The molecule has 174 valence electrons. The van der Waals surface area contributed by atoms with E-state index in [1.54, 1.807) is 35.6 Å². The lowest BCUT2D eigenvalue weighted by atomic mass is 10.1. The molecule has 6 rings (SSSR count). The van der Waals surface area contributed by atoms with Crippen LogP contribution in [0.15, 0.2) is 79.3 Å². The van der Waals surface area contributed by atoms with Crippen LogP contribution in [0.3, 0.4) is 0 Å². The number of nitrogens with two attached hydrogens (primary N) is 1. The Kier molecular flexibility index (Phi) is 5.42. The van der Waals surface area contributed by atoms with Crippen molar-refractivity contribution in [2.75, 3.05) is 16.4 Å². The predicted octanol–water partition coefficient (Wildman–Crippen LogP) is 5.99. The van der Waals surface area contributed by atoms with Crippen molar-refractivity contribution in [1.82, 2.24) is 14.4 Å². The van der Waals surface area contributed by atoms with Gasteiger partial charge < -0.3 is 16.4 Å². The van der Waals surface area contributed by atoms with Crippen LogP contribution in [0.2, 0.25) is 0 Å². The van der Waals surface area contributed by atoms with Crippen LogP contribution < -0.4 is 16.4 Å². The van der Waals surface area contributed by atoms with Gasteiger partial charge in [-0.1, -0.05) is 23.5 Å². The van der Waals surface area contributed by atoms with E-state index in [4.69, 9.17) is 5.73 Å². The van der Waals surface area contributed by atoms with Gasteiger partial charge in [0.15, 0.2) is 5.13 Å². The van der Waals surface area contributed by atoms with Crippen LogP contribution in [0.4, 0.5) is 22.2 Å². The summed E-state index contributed by atoms with van der Waals surface area (Å²) in [5.74, 6) is 0.645. The Hall–Kier alpha value is -4.17.